The van der Waals surface area contributed by atoms with E-state index in [4.69, 9.17) is 5.14 Å². The molecule has 0 bridgehead atoms. The van der Waals surface area contributed by atoms with Crippen molar-refractivity contribution in [3.63, 3.8) is 0 Å². The van der Waals surface area contributed by atoms with Crippen LogP contribution in [0.15, 0.2) is 29.2 Å². The predicted molar refractivity (Wildman–Crippen MR) is 71.1 cm³/mol. The largest absolute Gasteiger partial charge is 0.313 e. The molecule has 0 atom stereocenters. The van der Waals surface area contributed by atoms with Crippen LogP contribution in [0.5, 0.6) is 0 Å². The summed E-state index contributed by atoms with van der Waals surface area (Å²) >= 11 is 0. The topological polar surface area (TPSA) is 121 Å². The van der Waals surface area contributed by atoms with Crippen LogP contribution < -0.4 is 5.14 Å². The van der Waals surface area contributed by atoms with E-state index in [1.807, 2.05) is 0 Å². The van der Waals surface area contributed by atoms with Crippen LogP contribution in [-0.4, -0.2) is 23.1 Å². The summed E-state index contributed by atoms with van der Waals surface area (Å²) in [6.07, 6.45) is 0. The maximum atomic E-state index is 11.2. The zero-order chi connectivity index (χ0) is 15.1. The number of sulfonamides is 1. The molecule has 0 spiro atoms. The summed E-state index contributed by atoms with van der Waals surface area (Å²) in [5.74, 6) is 0. The quantitative estimate of drug-likeness (QED) is 0.670. The molecule has 0 amide bonds. The Morgan fingerprint density at radius 1 is 1.25 bits per heavy atom. The summed E-state index contributed by atoms with van der Waals surface area (Å²) in [5.41, 5.74) is 1.13. The van der Waals surface area contributed by atoms with E-state index in [0.29, 0.717) is 17.1 Å². The van der Waals surface area contributed by atoms with Crippen molar-refractivity contribution in [2.24, 2.45) is 5.14 Å². The first-order chi connectivity index (χ1) is 9.21. The average Bonchev–Trinajstić information content (AvgIpc) is 2.64. The van der Waals surface area contributed by atoms with Crippen LogP contribution >= 0.6 is 0 Å². The molecule has 0 aliphatic rings. The van der Waals surface area contributed by atoms with E-state index in [2.05, 4.69) is 5.10 Å². The first-order valence-corrected chi connectivity index (χ1v) is 7.10. The van der Waals surface area contributed by atoms with Crippen molar-refractivity contribution < 1.29 is 13.3 Å². The Hall–Kier alpha value is -2.26. The number of nitro groups is 1. The Bertz CT molecular complexity index is 777. The number of nitrogens with zero attached hydrogens (tertiary/aromatic N) is 3. The lowest BCUT2D eigenvalue weighted by molar-refractivity contribution is -0.386. The van der Waals surface area contributed by atoms with Gasteiger partial charge in [0.1, 0.15) is 11.4 Å². The number of nitrogens with two attached hydrogens (primary N) is 1. The van der Waals surface area contributed by atoms with Gasteiger partial charge in [-0.2, -0.15) is 5.10 Å². The highest BCUT2D eigenvalue weighted by molar-refractivity contribution is 7.89. The van der Waals surface area contributed by atoms with E-state index >= 15 is 0 Å². The summed E-state index contributed by atoms with van der Waals surface area (Å²) < 4.78 is 23.7. The second kappa shape index (κ2) is 4.69. The van der Waals surface area contributed by atoms with Gasteiger partial charge in [0.15, 0.2) is 0 Å². The Balaban J connectivity index is 2.53. The molecular weight excluding hydrogens is 284 g/mol. The second-order valence-electron chi connectivity index (χ2n) is 4.23. The molecule has 0 saturated heterocycles. The monoisotopic (exact) mass is 296 g/mol. The summed E-state index contributed by atoms with van der Waals surface area (Å²) in [7, 11) is -3.77. The van der Waals surface area contributed by atoms with E-state index in [-0.39, 0.29) is 10.6 Å². The highest BCUT2D eigenvalue weighted by Crippen LogP contribution is 2.25. The first kappa shape index (κ1) is 14.2. The maximum Gasteiger partial charge on any atom is 0.313 e. The molecule has 1 aromatic carbocycles. The standard InChI is InChI=1S/C11H12N4O4S/c1-7-11(15(16)17)8(2)14(13-7)9-3-5-10(6-4-9)20(12,18)19/h3-6H,1-2H3,(H2,12,18,19). The van der Waals surface area contributed by atoms with Gasteiger partial charge in [0.05, 0.1) is 15.5 Å². The fraction of sp³-hybridized carbons (Fsp3) is 0.182. The van der Waals surface area contributed by atoms with E-state index in [9.17, 15) is 18.5 Å². The van der Waals surface area contributed by atoms with Crippen LogP contribution in [0.4, 0.5) is 5.69 Å². The highest BCUT2D eigenvalue weighted by atomic mass is 32.2. The molecule has 2 aromatic rings. The lowest BCUT2D eigenvalue weighted by Gasteiger charge is -2.04. The average molecular weight is 296 g/mol. The fourth-order valence-electron chi connectivity index (χ4n) is 1.93. The van der Waals surface area contributed by atoms with E-state index in [1.165, 1.54) is 28.9 Å². The van der Waals surface area contributed by atoms with Gasteiger partial charge in [-0.1, -0.05) is 0 Å². The van der Waals surface area contributed by atoms with Gasteiger partial charge in [-0.05, 0) is 38.1 Å². The van der Waals surface area contributed by atoms with Crippen LogP contribution in [-0.2, 0) is 10.0 Å². The van der Waals surface area contributed by atoms with Crippen molar-refractivity contribution >= 4 is 15.7 Å². The van der Waals surface area contributed by atoms with Crippen LogP contribution in [0.2, 0.25) is 0 Å². The molecular formula is C11H12N4O4S. The molecule has 9 heteroatoms. The van der Waals surface area contributed by atoms with Crippen molar-refractivity contribution in [1.82, 2.24) is 9.78 Å². The van der Waals surface area contributed by atoms with Crippen LogP contribution in [0.3, 0.4) is 0 Å². The van der Waals surface area contributed by atoms with Gasteiger partial charge < -0.3 is 0 Å². The summed E-state index contributed by atoms with van der Waals surface area (Å²) in [6, 6.07) is 5.63. The van der Waals surface area contributed by atoms with E-state index in [1.54, 1.807) is 13.8 Å². The number of primary sulfonamides is 1. The molecule has 106 valence electrons. The molecule has 0 radical (unpaired) electrons. The van der Waals surface area contributed by atoms with Crippen LogP contribution in [0.25, 0.3) is 5.69 Å². The number of hydrogen-bond donors (Lipinski definition) is 1. The third kappa shape index (κ3) is 2.40. The Morgan fingerprint density at radius 2 is 1.80 bits per heavy atom. The van der Waals surface area contributed by atoms with Gasteiger partial charge in [-0.3, -0.25) is 10.1 Å². The van der Waals surface area contributed by atoms with Crippen molar-refractivity contribution in [1.29, 1.82) is 0 Å². The first-order valence-electron chi connectivity index (χ1n) is 5.55. The van der Waals surface area contributed by atoms with Crippen molar-refractivity contribution in [3.8, 4) is 5.69 Å². The minimum absolute atomic E-state index is 0.0303. The van der Waals surface area contributed by atoms with Crippen LogP contribution in [0, 0.1) is 24.0 Å². The summed E-state index contributed by atoms with van der Waals surface area (Å²) in [5, 5.41) is 20.0. The van der Waals surface area contributed by atoms with Crippen molar-refractivity contribution in [2.75, 3.05) is 0 Å². The number of aryl methyl sites for hydroxylation is 1. The Kier molecular flexibility index (Phi) is 3.32. The molecule has 0 aliphatic carbocycles. The molecule has 8 nitrogen and oxygen atoms in total. The SMILES string of the molecule is Cc1nn(-c2ccc(S(N)(=O)=O)cc2)c(C)c1[N+](=O)[O-]. The van der Waals surface area contributed by atoms with E-state index in [0.717, 1.165) is 0 Å². The molecule has 0 unspecified atom stereocenters. The smallest absolute Gasteiger partial charge is 0.258 e. The lowest BCUT2D eigenvalue weighted by Crippen LogP contribution is -2.12. The minimum Gasteiger partial charge on any atom is -0.258 e. The predicted octanol–water partition coefficient (Wildman–Crippen LogP) is 1.04. The van der Waals surface area contributed by atoms with Crippen molar-refractivity contribution in [3.05, 3.63) is 45.8 Å². The summed E-state index contributed by atoms with van der Waals surface area (Å²) in [4.78, 5) is 10.4. The third-order valence-electron chi connectivity index (χ3n) is 2.85. The second-order valence-corrected chi connectivity index (χ2v) is 5.79. The van der Waals surface area contributed by atoms with Crippen molar-refractivity contribution in [2.45, 2.75) is 18.7 Å². The zero-order valence-electron chi connectivity index (χ0n) is 10.8. The molecule has 1 aromatic heterocycles. The number of benzene rings is 1. The lowest BCUT2D eigenvalue weighted by atomic mass is 10.3. The fourth-order valence-corrected chi connectivity index (χ4v) is 2.44. The molecule has 20 heavy (non-hydrogen) atoms. The van der Waals surface area contributed by atoms with Gasteiger partial charge >= 0.3 is 5.69 Å². The van der Waals surface area contributed by atoms with Gasteiger partial charge in [0, 0.05) is 0 Å². The van der Waals surface area contributed by atoms with Gasteiger partial charge in [-0.25, -0.2) is 18.2 Å². The van der Waals surface area contributed by atoms with Gasteiger partial charge in [0.25, 0.3) is 0 Å². The normalized spacial score (nSPS) is 11.6. The third-order valence-corrected chi connectivity index (χ3v) is 3.77. The minimum atomic E-state index is -3.77. The Morgan fingerprint density at radius 3 is 2.20 bits per heavy atom. The number of rotatable bonds is 3. The molecule has 0 aliphatic heterocycles. The molecule has 2 N–H and O–H groups in total. The van der Waals surface area contributed by atoms with Gasteiger partial charge in [0.2, 0.25) is 10.0 Å². The molecule has 1 heterocycles. The molecule has 0 saturated carbocycles. The van der Waals surface area contributed by atoms with Gasteiger partial charge in [-0.15, -0.1) is 0 Å². The number of hydrogen-bond acceptors (Lipinski definition) is 5. The highest BCUT2D eigenvalue weighted by Gasteiger charge is 2.22. The molecule has 2 rings (SSSR count). The van der Waals surface area contributed by atoms with Crippen LogP contribution in [0.1, 0.15) is 11.4 Å². The molecule has 0 fully saturated rings. The zero-order valence-corrected chi connectivity index (χ0v) is 11.6. The summed E-state index contributed by atoms with van der Waals surface area (Å²) in [6.45, 7) is 3.12. The maximum absolute atomic E-state index is 11.2. The Labute approximate surface area is 115 Å². The number of aromatic nitrogens is 2. The van der Waals surface area contributed by atoms with E-state index < -0.39 is 14.9 Å².